The highest BCUT2D eigenvalue weighted by atomic mass is 19.3. The van der Waals surface area contributed by atoms with Gasteiger partial charge in [0.1, 0.15) is 6.54 Å². The monoisotopic (exact) mass is 136 g/mol. The molecule has 0 aromatic heterocycles. The molecule has 2 N–H and O–H groups in total. The molecule has 0 aliphatic heterocycles. The Kier molecular flexibility index (Phi) is 3.92. The van der Waals surface area contributed by atoms with Crippen LogP contribution in [0.25, 0.3) is 0 Å². The van der Waals surface area contributed by atoms with Crippen LogP contribution in [0.3, 0.4) is 0 Å². The number of alkyl halides is 2. The first-order chi connectivity index (χ1) is 4.16. The average Bonchev–Trinajstić information content (AvgIpc) is 1.83. The van der Waals surface area contributed by atoms with Gasteiger partial charge in [-0.3, -0.25) is 4.99 Å². The topological polar surface area (TPSA) is 38.4 Å². The molecule has 0 aliphatic carbocycles. The summed E-state index contributed by atoms with van der Waals surface area (Å²) in [6.07, 6.45) is -1.85. The van der Waals surface area contributed by atoms with Gasteiger partial charge in [-0.25, -0.2) is 8.78 Å². The van der Waals surface area contributed by atoms with Gasteiger partial charge in [-0.1, -0.05) is 6.92 Å². The van der Waals surface area contributed by atoms with Crippen molar-refractivity contribution in [1.29, 1.82) is 0 Å². The number of nitrogens with zero attached hydrogens (tertiary/aromatic N) is 1. The molecule has 2 nitrogen and oxygen atoms in total. The van der Waals surface area contributed by atoms with E-state index in [9.17, 15) is 8.78 Å². The molecule has 0 rings (SSSR count). The molecule has 0 fully saturated rings. The van der Waals surface area contributed by atoms with Crippen molar-refractivity contribution in [2.75, 3.05) is 6.54 Å². The van der Waals surface area contributed by atoms with Crippen LogP contribution in [0.4, 0.5) is 8.78 Å². The van der Waals surface area contributed by atoms with Crippen LogP contribution in [0.1, 0.15) is 13.3 Å². The Balaban J connectivity index is 3.43. The first-order valence-electron chi connectivity index (χ1n) is 2.73. The normalized spacial score (nSPS) is 12.7. The first kappa shape index (κ1) is 8.33. The molecule has 0 aromatic rings. The maximum Gasteiger partial charge on any atom is 0.257 e. The molecule has 0 aromatic carbocycles. The molecule has 4 heteroatoms. The fraction of sp³-hybridized carbons (Fsp3) is 0.800. The van der Waals surface area contributed by atoms with E-state index in [0.29, 0.717) is 6.42 Å². The highest BCUT2D eigenvalue weighted by molar-refractivity contribution is 5.79. The van der Waals surface area contributed by atoms with Gasteiger partial charge >= 0.3 is 0 Å². The van der Waals surface area contributed by atoms with E-state index in [2.05, 4.69) is 4.99 Å². The van der Waals surface area contributed by atoms with E-state index < -0.39 is 13.0 Å². The SMILES string of the molecule is CCC(N)=NCC(F)F. The maximum atomic E-state index is 11.4. The summed E-state index contributed by atoms with van der Waals surface area (Å²) in [4.78, 5) is 3.39. The van der Waals surface area contributed by atoms with Gasteiger partial charge in [0.25, 0.3) is 6.43 Å². The lowest BCUT2D eigenvalue weighted by Crippen LogP contribution is -2.12. The van der Waals surface area contributed by atoms with E-state index in [4.69, 9.17) is 5.73 Å². The zero-order valence-electron chi connectivity index (χ0n) is 5.27. The van der Waals surface area contributed by atoms with Gasteiger partial charge in [-0.2, -0.15) is 0 Å². The lowest BCUT2D eigenvalue weighted by molar-refractivity contribution is 0.158. The molecule has 0 radical (unpaired) electrons. The molecule has 9 heavy (non-hydrogen) atoms. The summed E-state index contributed by atoms with van der Waals surface area (Å²) in [5.74, 6) is 0.287. The standard InChI is InChI=1S/C5H10F2N2/c1-2-5(8)9-3-4(6)7/h4H,2-3H2,1H3,(H2,8,9). The molecule has 54 valence electrons. The molecular formula is C5H10F2N2. The second kappa shape index (κ2) is 4.23. The fourth-order valence-corrected chi connectivity index (χ4v) is 0.298. The number of rotatable bonds is 3. The summed E-state index contributed by atoms with van der Waals surface area (Å²) in [6, 6.07) is 0. The predicted octanol–water partition coefficient (Wildman–Crippen LogP) is 1.02. The fourth-order valence-electron chi connectivity index (χ4n) is 0.298. The summed E-state index contributed by atoms with van der Waals surface area (Å²) in [5.41, 5.74) is 5.14. The Morgan fingerprint density at radius 3 is 2.56 bits per heavy atom. The van der Waals surface area contributed by atoms with E-state index in [1.54, 1.807) is 6.92 Å². The molecule has 0 spiro atoms. The third-order valence-corrected chi connectivity index (χ3v) is 0.795. The Hall–Kier alpha value is -0.670. The summed E-state index contributed by atoms with van der Waals surface area (Å²) in [5, 5.41) is 0. The van der Waals surface area contributed by atoms with Crippen LogP contribution in [-0.4, -0.2) is 18.8 Å². The zero-order valence-corrected chi connectivity index (χ0v) is 5.27. The molecule has 0 saturated carbocycles. The highest BCUT2D eigenvalue weighted by Crippen LogP contribution is 1.91. The van der Waals surface area contributed by atoms with Crippen LogP contribution in [-0.2, 0) is 0 Å². The average molecular weight is 136 g/mol. The van der Waals surface area contributed by atoms with Crippen LogP contribution in [0, 0.1) is 0 Å². The third-order valence-electron chi connectivity index (χ3n) is 0.795. The van der Waals surface area contributed by atoms with Crippen LogP contribution < -0.4 is 5.73 Å². The molecule has 0 amide bonds. The van der Waals surface area contributed by atoms with Crippen LogP contribution in [0.2, 0.25) is 0 Å². The minimum absolute atomic E-state index is 0.287. The van der Waals surface area contributed by atoms with Gasteiger partial charge in [-0.05, 0) is 0 Å². The molecule has 0 atom stereocenters. The minimum atomic E-state index is -2.38. The van der Waals surface area contributed by atoms with E-state index in [0.717, 1.165) is 0 Å². The van der Waals surface area contributed by atoms with Crippen molar-refractivity contribution < 1.29 is 8.78 Å². The Labute approximate surface area is 52.8 Å². The van der Waals surface area contributed by atoms with Crippen LogP contribution in [0.15, 0.2) is 4.99 Å². The number of aliphatic imine (C=N–C) groups is 1. The van der Waals surface area contributed by atoms with Crippen molar-refractivity contribution in [2.24, 2.45) is 10.7 Å². The number of halogens is 2. The van der Waals surface area contributed by atoms with E-state index >= 15 is 0 Å². The number of hydrogen-bond acceptors (Lipinski definition) is 1. The van der Waals surface area contributed by atoms with Crippen molar-refractivity contribution in [1.82, 2.24) is 0 Å². The van der Waals surface area contributed by atoms with Gasteiger partial charge in [0.15, 0.2) is 0 Å². The number of hydrogen-bond donors (Lipinski definition) is 1. The molecular weight excluding hydrogens is 126 g/mol. The van der Waals surface area contributed by atoms with Crippen LogP contribution in [0.5, 0.6) is 0 Å². The van der Waals surface area contributed by atoms with Gasteiger partial charge in [-0.15, -0.1) is 0 Å². The van der Waals surface area contributed by atoms with Crippen molar-refractivity contribution in [3.63, 3.8) is 0 Å². The number of amidine groups is 1. The van der Waals surface area contributed by atoms with Crippen molar-refractivity contribution >= 4 is 5.84 Å². The van der Waals surface area contributed by atoms with Crippen molar-refractivity contribution in [3.05, 3.63) is 0 Å². The molecule has 0 saturated heterocycles. The maximum absolute atomic E-state index is 11.4. The molecule has 0 heterocycles. The van der Waals surface area contributed by atoms with Gasteiger partial charge < -0.3 is 5.73 Å². The van der Waals surface area contributed by atoms with Crippen molar-refractivity contribution in [3.8, 4) is 0 Å². The lowest BCUT2D eigenvalue weighted by Gasteiger charge is -1.94. The Bertz CT molecular complexity index is 101. The highest BCUT2D eigenvalue weighted by Gasteiger charge is 1.98. The zero-order chi connectivity index (χ0) is 7.28. The Morgan fingerprint density at radius 2 is 2.22 bits per heavy atom. The van der Waals surface area contributed by atoms with E-state index in [1.807, 2.05) is 0 Å². The largest absolute Gasteiger partial charge is 0.387 e. The quantitative estimate of drug-likeness (QED) is 0.456. The summed E-state index contributed by atoms with van der Waals surface area (Å²) in [6.45, 7) is 1.30. The Morgan fingerprint density at radius 1 is 1.67 bits per heavy atom. The summed E-state index contributed by atoms with van der Waals surface area (Å²) in [7, 11) is 0. The van der Waals surface area contributed by atoms with Crippen molar-refractivity contribution in [2.45, 2.75) is 19.8 Å². The van der Waals surface area contributed by atoms with E-state index in [-0.39, 0.29) is 5.84 Å². The minimum Gasteiger partial charge on any atom is -0.387 e. The van der Waals surface area contributed by atoms with Gasteiger partial charge in [0.05, 0.1) is 5.84 Å². The predicted molar refractivity (Wildman–Crippen MR) is 32.8 cm³/mol. The van der Waals surface area contributed by atoms with Crippen LogP contribution >= 0.6 is 0 Å². The molecule has 0 unspecified atom stereocenters. The first-order valence-corrected chi connectivity index (χ1v) is 2.73. The smallest absolute Gasteiger partial charge is 0.257 e. The van der Waals surface area contributed by atoms with E-state index in [1.165, 1.54) is 0 Å². The second-order valence-electron chi connectivity index (χ2n) is 1.58. The molecule has 0 aliphatic rings. The second-order valence-corrected chi connectivity index (χ2v) is 1.58. The molecule has 0 bridgehead atoms. The summed E-state index contributed by atoms with van der Waals surface area (Å²) < 4.78 is 22.7. The lowest BCUT2D eigenvalue weighted by atomic mass is 10.4. The number of nitrogens with two attached hydrogens (primary N) is 1. The summed E-state index contributed by atoms with van der Waals surface area (Å²) >= 11 is 0. The van der Waals surface area contributed by atoms with Gasteiger partial charge in [0, 0.05) is 6.42 Å². The van der Waals surface area contributed by atoms with Gasteiger partial charge in [0.2, 0.25) is 0 Å². The third kappa shape index (κ3) is 5.20.